The van der Waals surface area contributed by atoms with Crippen LogP contribution < -0.4 is 0 Å². The van der Waals surface area contributed by atoms with E-state index >= 15 is 0 Å². The number of nitrogens with zero attached hydrogens (tertiary/aromatic N) is 1. The van der Waals surface area contributed by atoms with Crippen molar-refractivity contribution in [1.29, 1.82) is 0 Å². The van der Waals surface area contributed by atoms with Crippen LogP contribution in [0.3, 0.4) is 0 Å². The molecular weight excluding hydrogens is 207 g/mol. The van der Waals surface area contributed by atoms with E-state index in [2.05, 4.69) is 0 Å². The van der Waals surface area contributed by atoms with E-state index in [0.29, 0.717) is 25.6 Å². The lowest BCUT2D eigenvalue weighted by Gasteiger charge is -2.47. The highest BCUT2D eigenvalue weighted by atomic mass is 19.4. The van der Waals surface area contributed by atoms with Crippen molar-refractivity contribution in [2.24, 2.45) is 5.92 Å². The molecule has 0 spiro atoms. The monoisotopic (exact) mass is 223 g/mol. The second-order valence-electron chi connectivity index (χ2n) is 4.81. The van der Waals surface area contributed by atoms with Crippen LogP contribution in [0.2, 0.25) is 0 Å². The fourth-order valence-corrected chi connectivity index (χ4v) is 2.27. The zero-order valence-electron chi connectivity index (χ0n) is 8.56. The van der Waals surface area contributed by atoms with Crippen molar-refractivity contribution in [2.75, 3.05) is 19.6 Å². The van der Waals surface area contributed by atoms with Crippen molar-refractivity contribution in [1.82, 2.24) is 4.90 Å². The number of hydrogen-bond acceptors (Lipinski definition) is 2. The number of hydrogen-bond donors (Lipinski definition) is 1. The standard InChI is InChI=1S/C10H16F3NO/c11-10(12,13)4-1-5-14-6-9(15,7-14)8-2-3-8/h8,15H,1-7H2. The minimum absolute atomic E-state index is 0.143. The van der Waals surface area contributed by atoms with Crippen LogP contribution in [-0.4, -0.2) is 41.4 Å². The summed E-state index contributed by atoms with van der Waals surface area (Å²) in [5.41, 5.74) is -0.571. The minimum atomic E-state index is -4.04. The van der Waals surface area contributed by atoms with E-state index in [0.717, 1.165) is 12.8 Å². The van der Waals surface area contributed by atoms with Crippen molar-refractivity contribution in [3.8, 4) is 0 Å². The highest BCUT2D eigenvalue weighted by molar-refractivity contribution is 5.05. The number of aliphatic hydroxyl groups is 1. The van der Waals surface area contributed by atoms with Crippen molar-refractivity contribution >= 4 is 0 Å². The Morgan fingerprint density at radius 2 is 1.87 bits per heavy atom. The lowest BCUT2D eigenvalue weighted by Crippen LogP contribution is -2.63. The zero-order chi connectivity index (χ0) is 11.1. The molecule has 5 heteroatoms. The predicted molar refractivity (Wildman–Crippen MR) is 49.4 cm³/mol. The Morgan fingerprint density at radius 1 is 1.27 bits per heavy atom. The predicted octanol–water partition coefficient (Wildman–Crippen LogP) is 1.79. The molecule has 0 aromatic heterocycles. The average molecular weight is 223 g/mol. The average Bonchev–Trinajstić information content (AvgIpc) is 2.80. The van der Waals surface area contributed by atoms with Gasteiger partial charge in [-0.05, 0) is 31.7 Å². The van der Waals surface area contributed by atoms with Crippen LogP contribution in [0, 0.1) is 5.92 Å². The lowest BCUT2D eigenvalue weighted by molar-refractivity contribution is -0.142. The van der Waals surface area contributed by atoms with Crippen molar-refractivity contribution in [2.45, 2.75) is 37.5 Å². The van der Waals surface area contributed by atoms with Crippen LogP contribution in [-0.2, 0) is 0 Å². The molecule has 0 aromatic carbocycles. The molecule has 1 saturated carbocycles. The summed E-state index contributed by atoms with van der Waals surface area (Å²) in [6.45, 7) is 1.58. The summed E-state index contributed by atoms with van der Waals surface area (Å²) in [6.07, 6.45) is -2.47. The van der Waals surface area contributed by atoms with E-state index in [1.807, 2.05) is 4.90 Å². The summed E-state index contributed by atoms with van der Waals surface area (Å²) >= 11 is 0. The number of likely N-dealkylation sites (tertiary alicyclic amines) is 1. The molecule has 0 amide bonds. The molecule has 2 aliphatic rings. The normalized spacial score (nSPS) is 26.4. The van der Waals surface area contributed by atoms with Crippen LogP contribution >= 0.6 is 0 Å². The van der Waals surface area contributed by atoms with Crippen LogP contribution in [0.5, 0.6) is 0 Å². The second-order valence-corrected chi connectivity index (χ2v) is 4.81. The Labute approximate surface area is 87.1 Å². The maximum Gasteiger partial charge on any atom is 0.389 e. The van der Waals surface area contributed by atoms with E-state index < -0.39 is 18.2 Å². The van der Waals surface area contributed by atoms with E-state index in [1.54, 1.807) is 0 Å². The maximum absolute atomic E-state index is 11.9. The fourth-order valence-electron chi connectivity index (χ4n) is 2.27. The molecule has 0 atom stereocenters. The Balaban J connectivity index is 1.59. The molecule has 0 bridgehead atoms. The molecule has 1 N–H and O–H groups in total. The molecule has 2 rings (SSSR count). The van der Waals surface area contributed by atoms with E-state index in [9.17, 15) is 18.3 Å². The highest BCUT2D eigenvalue weighted by Crippen LogP contribution is 2.44. The van der Waals surface area contributed by atoms with Gasteiger partial charge in [0.25, 0.3) is 0 Å². The SMILES string of the molecule is OC1(C2CC2)CN(CCCC(F)(F)F)C1. The fraction of sp³-hybridized carbons (Fsp3) is 1.00. The number of rotatable bonds is 4. The molecule has 0 unspecified atom stereocenters. The molecule has 0 aromatic rings. The first kappa shape index (κ1) is 11.2. The first-order chi connectivity index (χ1) is 6.89. The molecular formula is C10H16F3NO. The van der Waals surface area contributed by atoms with Gasteiger partial charge >= 0.3 is 6.18 Å². The summed E-state index contributed by atoms with van der Waals surface area (Å²) in [5, 5.41) is 9.92. The van der Waals surface area contributed by atoms with Crippen molar-refractivity contribution in [3.63, 3.8) is 0 Å². The molecule has 0 radical (unpaired) electrons. The zero-order valence-corrected chi connectivity index (χ0v) is 8.56. The van der Waals surface area contributed by atoms with Crippen LogP contribution in [0.1, 0.15) is 25.7 Å². The van der Waals surface area contributed by atoms with Crippen LogP contribution in [0.4, 0.5) is 13.2 Å². The second kappa shape index (κ2) is 3.63. The quantitative estimate of drug-likeness (QED) is 0.785. The number of β-amino-alcohol motifs (C(OH)–C–C–N with tert-alkyl or cyclic N) is 1. The van der Waals surface area contributed by atoms with Gasteiger partial charge in [-0.15, -0.1) is 0 Å². The highest BCUT2D eigenvalue weighted by Gasteiger charge is 2.51. The molecule has 2 nitrogen and oxygen atoms in total. The molecule has 88 valence electrons. The summed E-state index contributed by atoms with van der Waals surface area (Å²) in [7, 11) is 0. The van der Waals surface area contributed by atoms with Gasteiger partial charge in [-0.2, -0.15) is 13.2 Å². The van der Waals surface area contributed by atoms with Gasteiger partial charge in [0.1, 0.15) is 0 Å². The maximum atomic E-state index is 11.9. The molecule has 1 aliphatic carbocycles. The minimum Gasteiger partial charge on any atom is -0.387 e. The van der Waals surface area contributed by atoms with Gasteiger partial charge in [0.15, 0.2) is 0 Å². The van der Waals surface area contributed by atoms with Crippen molar-refractivity contribution < 1.29 is 18.3 Å². The summed E-state index contributed by atoms with van der Waals surface area (Å²) in [4.78, 5) is 1.91. The smallest absolute Gasteiger partial charge is 0.387 e. The van der Waals surface area contributed by atoms with E-state index in [4.69, 9.17) is 0 Å². The Bertz CT molecular complexity index is 231. The first-order valence-corrected chi connectivity index (χ1v) is 5.41. The van der Waals surface area contributed by atoms with Gasteiger partial charge in [-0.25, -0.2) is 0 Å². The Kier molecular flexibility index (Phi) is 2.71. The Morgan fingerprint density at radius 3 is 2.33 bits per heavy atom. The largest absolute Gasteiger partial charge is 0.389 e. The molecule has 2 fully saturated rings. The Hall–Kier alpha value is -0.290. The molecule has 1 heterocycles. The third-order valence-corrected chi connectivity index (χ3v) is 3.27. The van der Waals surface area contributed by atoms with Gasteiger partial charge < -0.3 is 5.11 Å². The molecule has 15 heavy (non-hydrogen) atoms. The van der Waals surface area contributed by atoms with E-state index in [1.165, 1.54) is 0 Å². The summed E-state index contributed by atoms with van der Waals surface area (Å²) in [6, 6.07) is 0. The number of alkyl halides is 3. The van der Waals surface area contributed by atoms with Gasteiger partial charge in [0.05, 0.1) is 5.60 Å². The van der Waals surface area contributed by atoms with E-state index in [-0.39, 0.29) is 6.42 Å². The third-order valence-electron chi connectivity index (χ3n) is 3.27. The summed E-state index contributed by atoms with van der Waals surface area (Å²) < 4.78 is 35.6. The van der Waals surface area contributed by atoms with Crippen LogP contribution in [0.25, 0.3) is 0 Å². The van der Waals surface area contributed by atoms with Gasteiger partial charge in [-0.3, -0.25) is 4.90 Å². The lowest BCUT2D eigenvalue weighted by atomic mass is 9.88. The topological polar surface area (TPSA) is 23.5 Å². The number of halogens is 3. The summed E-state index contributed by atoms with van der Waals surface area (Å²) in [5.74, 6) is 0.413. The van der Waals surface area contributed by atoms with Crippen molar-refractivity contribution in [3.05, 3.63) is 0 Å². The molecule has 1 saturated heterocycles. The van der Waals surface area contributed by atoms with Gasteiger partial charge in [-0.1, -0.05) is 0 Å². The van der Waals surface area contributed by atoms with Gasteiger partial charge in [0, 0.05) is 19.5 Å². The van der Waals surface area contributed by atoms with Gasteiger partial charge in [0.2, 0.25) is 0 Å². The molecule has 1 aliphatic heterocycles. The van der Waals surface area contributed by atoms with Crippen LogP contribution in [0.15, 0.2) is 0 Å². The third kappa shape index (κ3) is 2.84. The first-order valence-electron chi connectivity index (χ1n) is 5.41.